The molecule has 26 heavy (non-hydrogen) atoms. The number of carbonyl (C=O) groups excluding carboxylic acids is 1. The van der Waals surface area contributed by atoms with Gasteiger partial charge in [0.25, 0.3) is 0 Å². The lowest BCUT2D eigenvalue weighted by molar-refractivity contribution is -0.130. The van der Waals surface area contributed by atoms with E-state index < -0.39 is 9.84 Å². The highest BCUT2D eigenvalue weighted by atomic mass is 32.2. The van der Waals surface area contributed by atoms with Crippen molar-refractivity contribution in [3.8, 4) is 0 Å². The van der Waals surface area contributed by atoms with Gasteiger partial charge in [-0.05, 0) is 39.7 Å². The van der Waals surface area contributed by atoms with E-state index in [2.05, 4.69) is 23.8 Å². The van der Waals surface area contributed by atoms with Crippen molar-refractivity contribution in [2.45, 2.75) is 50.4 Å². The second-order valence-corrected chi connectivity index (χ2v) is 11.6. The average molecular weight is 414 g/mol. The van der Waals surface area contributed by atoms with E-state index >= 15 is 0 Å². The van der Waals surface area contributed by atoms with Gasteiger partial charge in [0.1, 0.15) is 15.7 Å². The molecule has 3 rings (SSSR count). The number of hydrogen-bond donors (Lipinski definition) is 0. The Labute approximate surface area is 162 Å². The minimum absolute atomic E-state index is 0.0618. The van der Waals surface area contributed by atoms with Crippen molar-refractivity contribution in [2.75, 3.05) is 18.6 Å². The molecule has 0 bridgehead atoms. The summed E-state index contributed by atoms with van der Waals surface area (Å²) in [5, 5.41) is 1.50. The minimum atomic E-state index is -3.02. The third-order valence-electron chi connectivity index (χ3n) is 4.85. The standard InChI is InChI=1S/C17H23N3O3S3/c1-9-10(2)24-15-14(9)16(19-12(4)18-15)25-11(3)17(21)20(5)13-6-7-26(22,23)8-13/h11,13H,6-8H2,1-5H3. The molecule has 0 N–H and O–H groups in total. The molecule has 3 heterocycles. The van der Waals surface area contributed by atoms with Crippen LogP contribution < -0.4 is 0 Å². The lowest BCUT2D eigenvalue weighted by Crippen LogP contribution is -2.41. The Bertz CT molecular complexity index is 969. The van der Waals surface area contributed by atoms with Crippen LogP contribution in [0.5, 0.6) is 0 Å². The summed E-state index contributed by atoms with van der Waals surface area (Å²) in [7, 11) is -1.32. The van der Waals surface area contributed by atoms with Crippen molar-refractivity contribution in [3.05, 3.63) is 16.3 Å². The van der Waals surface area contributed by atoms with Gasteiger partial charge in [-0.15, -0.1) is 11.3 Å². The van der Waals surface area contributed by atoms with Crippen LogP contribution in [-0.4, -0.2) is 59.0 Å². The second-order valence-electron chi connectivity index (χ2n) is 6.81. The summed E-state index contributed by atoms with van der Waals surface area (Å²) in [5.41, 5.74) is 1.15. The highest BCUT2D eigenvalue weighted by Gasteiger charge is 2.34. The zero-order valence-electron chi connectivity index (χ0n) is 15.6. The summed E-state index contributed by atoms with van der Waals surface area (Å²) in [6.45, 7) is 7.83. The van der Waals surface area contributed by atoms with Crippen LogP contribution in [0.2, 0.25) is 0 Å². The molecule has 1 amide bonds. The number of rotatable bonds is 4. The third kappa shape index (κ3) is 3.75. The number of thiophene rings is 1. The van der Waals surface area contributed by atoms with Crippen molar-refractivity contribution in [1.82, 2.24) is 14.9 Å². The molecule has 1 aliphatic rings. The topological polar surface area (TPSA) is 80.2 Å². The second kappa shape index (κ2) is 7.09. The predicted octanol–water partition coefficient (Wildman–Crippen LogP) is 2.74. The van der Waals surface area contributed by atoms with Gasteiger partial charge in [0.2, 0.25) is 5.91 Å². The van der Waals surface area contributed by atoms with E-state index in [1.54, 1.807) is 23.3 Å². The molecule has 1 saturated heterocycles. The molecule has 1 fully saturated rings. The first-order valence-electron chi connectivity index (χ1n) is 8.47. The van der Waals surface area contributed by atoms with Crippen molar-refractivity contribution in [1.29, 1.82) is 0 Å². The van der Waals surface area contributed by atoms with E-state index in [4.69, 9.17) is 0 Å². The van der Waals surface area contributed by atoms with Gasteiger partial charge in [-0.25, -0.2) is 18.4 Å². The fourth-order valence-electron chi connectivity index (χ4n) is 3.17. The fraction of sp³-hybridized carbons (Fsp3) is 0.588. The van der Waals surface area contributed by atoms with E-state index in [1.165, 1.54) is 16.6 Å². The first-order chi connectivity index (χ1) is 12.1. The largest absolute Gasteiger partial charge is 0.341 e. The summed E-state index contributed by atoms with van der Waals surface area (Å²) in [6.07, 6.45) is 0.516. The van der Waals surface area contributed by atoms with Crippen LogP contribution in [0.25, 0.3) is 10.2 Å². The molecular formula is C17H23N3O3S3. The summed E-state index contributed by atoms with van der Waals surface area (Å²) in [4.78, 5) is 25.7. The lowest BCUT2D eigenvalue weighted by atomic mass is 10.2. The number of fused-ring (bicyclic) bond motifs is 1. The maximum atomic E-state index is 12.8. The normalized spacial score (nSPS) is 20.4. The molecule has 0 aliphatic carbocycles. The smallest absolute Gasteiger partial charge is 0.235 e. The van der Waals surface area contributed by atoms with Gasteiger partial charge in [0.15, 0.2) is 9.84 Å². The van der Waals surface area contributed by atoms with Crippen LogP contribution >= 0.6 is 23.1 Å². The van der Waals surface area contributed by atoms with Crippen LogP contribution in [0.1, 0.15) is 29.6 Å². The first-order valence-corrected chi connectivity index (χ1v) is 12.0. The van der Waals surface area contributed by atoms with Crippen LogP contribution in [0.4, 0.5) is 0 Å². The Balaban J connectivity index is 1.82. The number of nitrogens with zero attached hydrogens (tertiary/aromatic N) is 3. The molecule has 1 aliphatic heterocycles. The molecule has 0 spiro atoms. The third-order valence-corrected chi connectivity index (χ3v) is 8.77. The Morgan fingerprint density at radius 3 is 2.62 bits per heavy atom. The van der Waals surface area contributed by atoms with Crippen molar-refractivity contribution < 1.29 is 13.2 Å². The van der Waals surface area contributed by atoms with Crippen LogP contribution in [-0.2, 0) is 14.6 Å². The Hall–Kier alpha value is -1.19. The lowest BCUT2D eigenvalue weighted by Gasteiger charge is -2.26. The van der Waals surface area contributed by atoms with Gasteiger partial charge in [0, 0.05) is 23.4 Å². The van der Waals surface area contributed by atoms with E-state index in [9.17, 15) is 13.2 Å². The maximum Gasteiger partial charge on any atom is 0.235 e. The van der Waals surface area contributed by atoms with Gasteiger partial charge in [-0.1, -0.05) is 11.8 Å². The Kier molecular flexibility index (Phi) is 5.33. The molecule has 0 saturated carbocycles. The number of thioether (sulfide) groups is 1. The van der Waals surface area contributed by atoms with Gasteiger partial charge in [-0.3, -0.25) is 4.79 Å². The number of sulfone groups is 1. The van der Waals surface area contributed by atoms with Crippen LogP contribution in [0.15, 0.2) is 5.03 Å². The number of amides is 1. The molecule has 2 aromatic rings. The van der Waals surface area contributed by atoms with Gasteiger partial charge in [0.05, 0.1) is 16.8 Å². The van der Waals surface area contributed by atoms with Crippen molar-refractivity contribution in [3.63, 3.8) is 0 Å². The van der Waals surface area contributed by atoms with E-state index in [0.717, 1.165) is 20.8 Å². The van der Waals surface area contributed by atoms with Gasteiger partial charge in [-0.2, -0.15) is 0 Å². The monoisotopic (exact) mass is 413 g/mol. The molecule has 9 heteroatoms. The SMILES string of the molecule is Cc1nc(SC(C)C(=O)N(C)C2CCS(=O)(=O)C2)c2c(C)c(C)sc2n1. The number of aryl methyl sites for hydroxylation is 3. The van der Waals surface area contributed by atoms with Crippen molar-refractivity contribution >= 4 is 49.1 Å². The molecular weight excluding hydrogens is 390 g/mol. The first kappa shape index (κ1) is 19.6. The zero-order valence-corrected chi connectivity index (χ0v) is 18.0. The molecule has 2 atom stereocenters. The number of hydrogen-bond acceptors (Lipinski definition) is 7. The van der Waals surface area contributed by atoms with Crippen LogP contribution in [0.3, 0.4) is 0 Å². The quantitative estimate of drug-likeness (QED) is 0.566. The minimum Gasteiger partial charge on any atom is -0.341 e. The Morgan fingerprint density at radius 1 is 1.31 bits per heavy atom. The Morgan fingerprint density at radius 2 is 2.00 bits per heavy atom. The highest BCUT2D eigenvalue weighted by Crippen LogP contribution is 2.37. The predicted molar refractivity (Wildman–Crippen MR) is 107 cm³/mol. The summed E-state index contributed by atoms with van der Waals surface area (Å²) in [6, 6.07) is -0.229. The highest BCUT2D eigenvalue weighted by molar-refractivity contribution is 8.00. The van der Waals surface area contributed by atoms with Gasteiger partial charge < -0.3 is 4.90 Å². The maximum absolute atomic E-state index is 12.8. The molecule has 6 nitrogen and oxygen atoms in total. The summed E-state index contributed by atoms with van der Waals surface area (Å²) >= 11 is 3.07. The van der Waals surface area contributed by atoms with E-state index in [-0.39, 0.29) is 28.7 Å². The van der Waals surface area contributed by atoms with Crippen molar-refractivity contribution in [2.24, 2.45) is 0 Å². The number of carbonyl (C=O) groups is 1. The molecule has 142 valence electrons. The van der Waals surface area contributed by atoms with E-state index in [0.29, 0.717) is 12.2 Å². The van der Waals surface area contributed by atoms with E-state index in [1.807, 2.05) is 13.8 Å². The summed E-state index contributed by atoms with van der Waals surface area (Å²) in [5.74, 6) is 0.852. The van der Waals surface area contributed by atoms with Gasteiger partial charge >= 0.3 is 0 Å². The summed E-state index contributed by atoms with van der Waals surface area (Å²) < 4.78 is 23.4. The molecule has 2 unspecified atom stereocenters. The zero-order chi connectivity index (χ0) is 19.2. The molecule has 0 aromatic carbocycles. The number of aromatic nitrogens is 2. The molecule has 0 radical (unpaired) electrons. The molecule has 2 aromatic heterocycles. The fourth-order valence-corrected chi connectivity index (χ4v) is 7.23. The van der Waals surface area contributed by atoms with Crippen LogP contribution in [0, 0.1) is 20.8 Å². The average Bonchev–Trinajstić information content (AvgIpc) is 3.05.